The summed E-state index contributed by atoms with van der Waals surface area (Å²) in [4.78, 5) is 10.5. The molecule has 0 aliphatic heterocycles. The summed E-state index contributed by atoms with van der Waals surface area (Å²) in [6.07, 6.45) is -6.25. The van der Waals surface area contributed by atoms with E-state index in [2.05, 4.69) is 5.32 Å². The second-order valence-corrected chi connectivity index (χ2v) is 3.24. The molecular weight excluding hydrogens is 206 g/mol. The number of rotatable bonds is 6. The van der Waals surface area contributed by atoms with Gasteiger partial charge in [-0.15, -0.1) is 0 Å². The van der Waals surface area contributed by atoms with E-state index in [-0.39, 0.29) is 6.54 Å². The van der Waals surface area contributed by atoms with Crippen molar-refractivity contribution in [1.29, 1.82) is 0 Å². The number of hydrogen-bond donors (Lipinski definition) is 6. The van der Waals surface area contributed by atoms with Crippen LogP contribution in [0, 0.1) is 0 Å². The Morgan fingerprint density at radius 2 is 1.60 bits per heavy atom. The van der Waals surface area contributed by atoms with Crippen molar-refractivity contribution in [3.05, 3.63) is 0 Å². The van der Waals surface area contributed by atoms with Gasteiger partial charge in [-0.2, -0.15) is 0 Å². The van der Waals surface area contributed by atoms with E-state index in [1.165, 1.54) is 6.92 Å². The van der Waals surface area contributed by atoms with E-state index in [1.807, 2.05) is 0 Å². The highest BCUT2D eigenvalue weighted by Gasteiger charge is 2.29. The van der Waals surface area contributed by atoms with E-state index in [0.717, 1.165) is 0 Å². The number of carbonyl (C=O) groups excluding carboxylic acids is 1. The summed E-state index contributed by atoms with van der Waals surface area (Å²) >= 11 is 0. The summed E-state index contributed by atoms with van der Waals surface area (Å²) in [6.45, 7) is 0.259. The summed E-state index contributed by atoms with van der Waals surface area (Å²) in [7, 11) is 0. The molecule has 7 heteroatoms. The van der Waals surface area contributed by atoms with Crippen LogP contribution in [0.15, 0.2) is 0 Å². The molecule has 15 heavy (non-hydrogen) atoms. The molecule has 0 aromatic heterocycles. The maximum atomic E-state index is 10.5. The molecule has 7 nitrogen and oxygen atoms in total. The molecule has 90 valence electrons. The predicted octanol–water partition coefficient (Wildman–Crippen LogP) is -3.44. The maximum absolute atomic E-state index is 10.5. The van der Waals surface area contributed by atoms with Crippen molar-refractivity contribution in [2.75, 3.05) is 13.2 Å². The molecule has 0 spiro atoms. The lowest BCUT2D eigenvalue weighted by Gasteiger charge is -2.25. The molecule has 6 N–H and O–H groups in total. The zero-order chi connectivity index (χ0) is 12.0. The van der Waals surface area contributed by atoms with E-state index in [9.17, 15) is 20.1 Å². The number of carbonyl (C=O) groups is 1. The van der Waals surface area contributed by atoms with E-state index in [0.29, 0.717) is 0 Å². The van der Waals surface area contributed by atoms with Gasteiger partial charge in [0.1, 0.15) is 18.3 Å². The van der Waals surface area contributed by atoms with Crippen LogP contribution < -0.4 is 5.32 Å². The van der Waals surface area contributed by atoms with Crippen molar-refractivity contribution in [2.24, 2.45) is 0 Å². The first-order chi connectivity index (χ1) is 6.90. The van der Waals surface area contributed by atoms with Crippen molar-refractivity contribution in [3.63, 3.8) is 0 Å². The first kappa shape index (κ1) is 14.3. The Morgan fingerprint density at radius 1 is 1.13 bits per heavy atom. The molecule has 0 radical (unpaired) electrons. The summed E-state index contributed by atoms with van der Waals surface area (Å²) in [5.74, 6) is -0.390. The lowest BCUT2D eigenvalue weighted by atomic mass is 10.0. The number of nitrogens with one attached hydrogen (secondary N) is 1. The van der Waals surface area contributed by atoms with Gasteiger partial charge in [-0.1, -0.05) is 0 Å². The zero-order valence-electron chi connectivity index (χ0n) is 8.37. The molecule has 0 heterocycles. The van der Waals surface area contributed by atoms with Gasteiger partial charge in [-0.05, 0) is 0 Å². The molecule has 1 amide bonds. The third kappa shape index (κ3) is 5.05. The Bertz CT molecular complexity index is 200. The third-order valence-electron chi connectivity index (χ3n) is 1.89. The minimum atomic E-state index is -1.67. The molecule has 0 aliphatic rings. The van der Waals surface area contributed by atoms with Gasteiger partial charge in [-0.3, -0.25) is 4.79 Å². The highest BCUT2D eigenvalue weighted by molar-refractivity contribution is 5.72. The quantitative estimate of drug-likeness (QED) is 0.278. The minimum Gasteiger partial charge on any atom is -0.394 e. The molecule has 4 atom stereocenters. The molecule has 0 fully saturated rings. The molecule has 0 unspecified atom stereocenters. The monoisotopic (exact) mass is 223 g/mol. The molecule has 0 rings (SSSR count). The van der Waals surface area contributed by atoms with E-state index >= 15 is 0 Å². The number of amides is 1. The Labute approximate surface area is 87.0 Å². The van der Waals surface area contributed by atoms with Gasteiger partial charge in [0, 0.05) is 13.5 Å². The number of aliphatic hydroxyl groups excluding tert-OH is 5. The van der Waals surface area contributed by atoms with E-state index < -0.39 is 36.9 Å². The van der Waals surface area contributed by atoms with Crippen LogP contribution in [0.4, 0.5) is 0 Å². The van der Waals surface area contributed by atoms with Crippen LogP contribution in [0.25, 0.3) is 0 Å². The summed E-state index contributed by atoms with van der Waals surface area (Å²) in [6, 6.07) is 0. The zero-order valence-corrected chi connectivity index (χ0v) is 8.37. The number of aliphatic hydroxyl groups is 5. The van der Waals surface area contributed by atoms with Gasteiger partial charge in [0.05, 0.1) is 12.7 Å². The largest absolute Gasteiger partial charge is 0.394 e. The predicted molar refractivity (Wildman–Crippen MR) is 49.8 cm³/mol. The van der Waals surface area contributed by atoms with Crippen molar-refractivity contribution in [3.8, 4) is 0 Å². The van der Waals surface area contributed by atoms with Crippen molar-refractivity contribution in [1.82, 2.24) is 5.32 Å². The van der Waals surface area contributed by atoms with Crippen molar-refractivity contribution >= 4 is 5.91 Å². The van der Waals surface area contributed by atoms with E-state index in [1.54, 1.807) is 0 Å². The lowest BCUT2D eigenvalue weighted by molar-refractivity contribution is -0.124. The Morgan fingerprint density at radius 3 is 2.00 bits per heavy atom. The SMILES string of the molecule is CC(=O)NC[C@@H](O)[C@@H](O)[C@@H](O)[C@H](O)CO. The van der Waals surface area contributed by atoms with Gasteiger partial charge in [0.15, 0.2) is 0 Å². The number of hydrogen-bond acceptors (Lipinski definition) is 6. The molecule has 0 saturated carbocycles. The van der Waals surface area contributed by atoms with E-state index in [4.69, 9.17) is 10.2 Å². The lowest BCUT2D eigenvalue weighted by Crippen LogP contribution is -2.49. The molecule has 0 saturated heterocycles. The van der Waals surface area contributed by atoms with Crippen LogP contribution in [-0.4, -0.2) is 69.0 Å². The van der Waals surface area contributed by atoms with Crippen LogP contribution >= 0.6 is 0 Å². The first-order valence-electron chi connectivity index (χ1n) is 4.47. The topological polar surface area (TPSA) is 130 Å². The Kier molecular flexibility index (Phi) is 6.37. The van der Waals surface area contributed by atoms with Crippen LogP contribution in [0.2, 0.25) is 0 Å². The maximum Gasteiger partial charge on any atom is 0.216 e. The normalized spacial score (nSPS) is 19.1. The van der Waals surface area contributed by atoms with Crippen LogP contribution in [0.3, 0.4) is 0 Å². The summed E-state index contributed by atoms with van der Waals surface area (Å²) < 4.78 is 0. The molecular formula is C8H17NO6. The summed E-state index contributed by atoms with van der Waals surface area (Å²) in [5, 5.41) is 47.4. The van der Waals surface area contributed by atoms with Gasteiger partial charge in [0.25, 0.3) is 0 Å². The average molecular weight is 223 g/mol. The second-order valence-electron chi connectivity index (χ2n) is 3.24. The van der Waals surface area contributed by atoms with Crippen LogP contribution in [0.5, 0.6) is 0 Å². The van der Waals surface area contributed by atoms with Gasteiger partial charge >= 0.3 is 0 Å². The van der Waals surface area contributed by atoms with Crippen LogP contribution in [-0.2, 0) is 4.79 Å². The van der Waals surface area contributed by atoms with Crippen LogP contribution in [0.1, 0.15) is 6.92 Å². The minimum absolute atomic E-state index is 0.244. The molecule has 0 bridgehead atoms. The molecule has 0 aliphatic carbocycles. The fourth-order valence-corrected chi connectivity index (χ4v) is 0.932. The molecule has 0 aromatic rings. The fraction of sp³-hybridized carbons (Fsp3) is 0.875. The fourth-order valence-electron chi connectivity index (χ4n) is 0.932. The molecule has 0 aromatic carbocycles. The van der Waals surface area contributed by atoms with Crippen molar-refractivity contribution in [2.45, 2.75) is 31.3 Å². The van der Waals surface area contributed by atoms with Gasteiger partial charge in [-0.25, -0.2) is 0 Å². The Balaban J connectivity index is 4.06. The highest BCUT2D eigenvalue weighted by Crippen LogP contribution is 2.04. The average Bonchev–Trinajstić information content (AvgIpc) is 2.22. The van der Waals surface area contributed by atoms with Crippen molar-refractivity contribution < 1.29 is 30.3 Å². The highest BCUT2D eigenvalue weighted by atomic mass is 16.4. The third-order valence-corrected chi connectivity index (χ3v) is 1.89. The second kappa shape index (κ2) is 6.70. The van der Waals surface area contributed by atoms with Gasteiger partial charge in [0.2, 0.25) is 5.91 Å². The Hall–Kier alpha value is -0.730. The summed E-state index contributed by atoms with van der Waals surface area (Å²) in [5.41, 5.74) is 0. The smallest absolute Gasteiger partial charge is 0.216 e. The first-order valence-corrected chi connectivity index (χ1v) is 4.47. The van der Waals surface area contributed by atoms with Gasteiger partial charge < -0.3 is 30.8 Å². The standard InChI is InChI=1S/C8H17NO6/c1-4(11)9-2-5(12)7(14)8(15)6(13)3-10/h5-8,10,12-15H,2-3H2,1H3,(H,9,11)/t5-,6-,7-,8+/m1/s1.